The second kappa shape index (κ2) is 114. The molecule has 0 aromatic heterocycles. The molecule has 0 amide bonds. The van der Waals surface area contributed by atoms with Gasteiger partial charge in [-0.3, -0.25) is 0 Å². The SMILES string of the molecule is CC#N.[C]F. The van der Waals surface area contributed by atoms with Gasteiger partial charge in [-0.15, -0.1) is 0 Å². The van der Waals surface area contributed by atoms with Crippen LogP contribution in [0.5, 0.6) is 0 Å². The number of halogens is 1. The van der Waals surface area contributed by atoms with Crippen LogP contribution in [0.15, 0.2) is 0 Å². The van der Waals surface area contributed by atoms with Gasteiger partial charge < -0.3 is 0 Å². The molecule has 0 saturated heterocycles. The van der Waals surface area contributed by atoms with Crippen LogP contribution >= 0.6 is 0 Å². The second-order valence-corrected chi connectivity index (χ2v) is 0.224. The van der Waals surface area contributed by atoms with Crippen LogP contribution in [-0.4, -0.2) is 0 Å². The molecule has 0 saturated carbocycles. The first-order chi connectivity index (χ1) is 2.41. The largest absolute Gasteiger partial charge is 0.232 e. The third-order valence-electron chi connectivity index (χ3n) is 0. The minimum absolute atomic E-state index is 1.43. The van der Waals surface area contributed by atoms with Crippen LogP contribution in [0.3, 0.4) is 0 Å². The van der Waals surface area contributed by atoms with E-state index in [9.17, 15) is 0 Å². The number of hydrogen-bond acceptors (Lipinski definition) is 1. The summed E-state index contributed by atoms with van der Waals surface area (Å²) < 4.78 is 8.75. The van der Waals surface area contributed by atoms with E-state index in [1.54, 1.807) is 6.07 Å². The molecule has 0 fully saturated rings. The molecule has 0 atom stereocenters. The molecule has 0 aliphatic heterocycles. The Morgan fingerprint density at radius 3 is 1.80 bits per heavy atom. The first-order valence-corrected chi connectivity index (χ1v) is 0.913. The highest BCUT2D eigenvalue weighted by Crippen LogP contribution is 1.27. The molecular weight excluding hydrogens is 69.0 g/mol. The predicted molar refractivity (Wildman–Crippen MR) is 15.6 cm³/mol. The van der Waals surface area contributed by atoms with E-state index in [-0.39, 0.29) is 0 Å². The molecule has 3 radical (unpaired) electrons. The Morgan fingerprint density at radius 2 is 1.80 bits per heavy atom. The van der Waals surface area contributed by atoms with Gasteiger partial charge in [0.2, 0.25) is 7.18 Å². The highest BCUT2D eigenvalue weighted by Gasteiger charge is 1.17. The fourth-order valence-corrected chi connectivity index (χ4v) is 0. The molecule has 0 heterocycles. The van der Waals surface area contributed by atoms with Crippen molar-refractivity contribution in [2.24, 2.45) is 0 Å². The Kier molecular flexibility index (Phi) is 200. The van der Waals surface area contributed by atoms with Crippen LogP contribution in [0.2, 0.25) is 0 Å². The fourth-order valence-electron chi connectivity index (χ4n) is 0. The lowest BCUT2D eigenvalue weighted by Gasteiger charge is -1.15. The van der Waals surface area contributed by atoms with E-state index in [0.29, 0.717) is 0 Å². The lowest BCUT2D eigenvalue weighted by Crippen LogP contribution is -1.10. The normalized spacial score (nSPS) is 2.80. The van der Waals surface area contributed by atoms with Crippen molar-refractivity contribution in [2.45, 2.75) is 6.92 Å². The first kappa shape index (κ1) is 8.83. The van der Waals surface area contributed by atoms with Crippen molar-refractivity contribution in [2.75, 3.05) is 0 Å². The van der Waals surface area contributed by atoms with E-state index in [0.717, 1.165) is 0 Å². The highest BCUT2D eigenvalue weighted by atomic mass is 19.1. The molecule has 0 aromatic rings. The van der Waals surface area contributed by atoms with Crippen LogP contribution in [0, 0.1) is 18.5 Å². The van der Waals surface area contributed by atoms with Crippen LogP contribution in [0.4, 0.5) is 4.39 Å². The summed E-state index contributed by atoms with van der Waals surface area (Å²) in [7, 11) is 4.25. The zero-order chi connectivity index (χ0) is 4.71. The Hall–Kier alpha value is -0.580. The van der Waals surface area contributed by atoms with E-state index in [1.807, 2.05) is 0 Å². The van der Waals surface area contributed by atoms with Crippen LogP contribution < -0.4 is 0 Å². The van der Waals surface area contributed by atoms with Crippen molar-refractivity contribution in [1.82, 2.24) is 0 Å². The van der Waals surface area contributed by atoms with Gasteiger partial charge in [-0.1, -0.05) is 0 Å². The van der Waals surface area contributed by atoms with Gasteiger partial charge in [-0.25, -0.2) is 4.39 Å². The van der Waals surface area contributed by atoms with Crippen molar-refractivity contribution >= 4 is 0 Å². The molecule has 5 heavy (non-hydrogen) atoms. The van der Waals surface area contributed by atoms with Gasteiger partial charge in [-0.2, -0.15) is 5.26 Å². The number of hydrogen-bond donors (Lipinski definition) is 0. The van der Waals surface area contributed by atoms with Crippen molar-refractivity contribution in [1.29, 1.82) is 5.26 Å². The smallest absolute Gasteiger partial charge is 0.232 e. The summed E-state index contributed by atoms with van der Waals surface area (Å²) in [5.74, 6) is 0. The van der Waals surface area contributed by atoms with Gasteiger partial charge in [0.1, 0.15) is 0 Å². The molecule has 27 valence electrons. The maximum Gasteiger partial charge on any atom is 0.232 e. The Bertz CT molecular complexity index is 28.4. The average Bonchev–Trinajstić information content (AvgIpc) is 1.46. The van der Waals surface area contributed by atoms with E-state index in [2.05, 4.69) is 7.18 Å². The second-order valence-electron chi connectivity index (χ2n) is 0.224. The third kappa shape index (κ3) is 20.5. The van der Waals surface area contributed by atoms with Crippen LogP contribution in [0.1, 0.15) is 6.92 Å². The average molecular weight is 72.1 g/mol. The van der Waals surface area contributed by atoms with Gasteiger partial charge in [0, 0.05) is 6.92 Å². The van der Waals surface area contributed by atoms with Crippen molar-refractivity contribution in [3.63, 3.8) is 0 Å². The summed E-state index contributed by atoms with van der Waals surface area (Å²) in [5.41, 5.74) is 0. The lowest BCUT2D eigenvalue weighted by atomic mass is 11.0. The molecule has 0 N–H and O–H groups in total. The third-order valence-corrected chi connectivity index (χ3v) is 0. The van der Waals surface area contributed by atoms with Gasteiger partial charge in [0.15, 0.2) is 0 Å². The molecule has 0 aromatic carbocycles. The summed E-state index contributed by atoms with van der Waals surface area (Å²) in [5, 5.41) is 7.32. The van der Waals surface area contributed by atoms with E-state index < -0.39 is 0 Å². The standard InChI is InChI=1S/C2H3N.CF/c1-2-3;1-2/h1H3;. The van der Waals surface area contributed by atoms with Crippen molar-refractivity contribution in [3.8, 4) is 6.07 Å². The predicted octanol–water partition coefficient (Wildman–Crippen LogP) is 1.03. The minimum atomic E-state index is 1.43. The fraction of sp³-hybridized carbons (Fsp3) is 0.333. The molecular formula is C3H3FN. The number of nitrogens with zero attached hydrogens (tertiary/aromatic N) is 1. The number of rotatable bonds is 0. The quantitative estimate of drug-likeness (QED) is 0.419. The van der Waals surface area contributed by atoms with E-state index in [1.165, 1.54) is 6.92 Å². The maximum absolute atomic E-state index is 8.75. The Morgan fingerprint density at radius 1 is 1.80 bits per heavy atom. The van der Waals surface area contributed by atoms with Crippen molar-refractivity contribution in [3.05, 3.63) is 7.18 Å². The zero-order valence-corrected chi connectivity index (χ0v) is 2.83. The molecule has 2 heteroatoms. The summed E-state index contributed by atoms with van der Waals surface area (Å²) in [6.45, 7) is 1.43. The topological polar surface area (TPSA) is 23.8 Å². The molecule has 0 rings (SSSR count). The maximum atomic E-state index is 8.75. The molecule has 0 bridgehead atoms. The van der Waals surface area contributed by atoms with Crippen LogP contribution in [-0.2, 0) is 0 Å². The molecule has 1 nitrogen and oxygen atoms in total. The summed E-state index contributed by atoms with van der Waals surface area (Å²) >= 11 is 0. The lowest BCUT2D eigenvalue weighted by molar-refractivity contribution is 0.713. The summed E-state index contributed by atoms with van der Waals surface area (Å²) in [6.07, 6.45) is 0. The van der Waals surface area contributed by atoms with Gasteiger partial charge in [0.25, 0.3) is 0 Å². The summed E-state index contributed by atoms with van der Waals surface area (Å²) in [6, 6.07) is 1.75. The van der Waals surface area contributed by atoms with Gasteiger partial charge >= 0.3 is 0 Å². The summed E-state index contributed by atoms with van der Waals surface area (Å²) in [4.78, 5) is 0. The van der Waals surface area contributed by atoms with Gasteiger partial charge in [0.05, 0.1) is 6.07 Å². The Balaban J connectivity index is 0. The molecule has 0 spiro atoms. The zero-order valence-electron chi connectivity index (χ0n) is 2.83. The highest BCUT2D eigenvalue weighted by molar-refractivity contribution is 4.51. The monoisotopic (exact) mass is 72.0 g/mol. The minimum Gasteiger partial charge on any atom is -0.232 e. The van der Waals surface area contributed by atoms with E-state index in [4.69, 9.17) is 9.65 Å². The number of nitriles is 1. The van der Waals surface area contributed by atoms with Crippen LogP contribution in [0.25, 0.3) is 0 Å². The molecule has 0 aliphatic carbocycles. The van der Waals surface area contributed by atoms with E-state index >= 15 is 0 Å². The molecule has 0 aliphatic rings. The Labute approximate surface area is 31.0 Å². The molecule has 0 unspecified atom stereocenters. The first-order valence-electron chi connectivity index (χ1n) is 0.913. The van der Waals surface area contributed by atoms with Gasteiger partial charge in [-0.05, 0) is 0 Å². The van der Waals surface area contributed by atoms with Crippen molar-refractivity contribution < 1.29 is 4.39 Å².